The van der Waals surface area contributed by atoms with Gasteiger partial charge in [-0.15, -0.1) is 11.3 Å². The standard InChI is InChI=1S/C22H25NO5S/c24-18-9-20-15(6-7-19(28-20)21-23-17(11-29-21)22(25)26)16(18)10-27-14-5-4-12-2-1-3-13(12)8-14/h4-5,8,11,15-16,18-20,24H,1-3,6-7,9-10H2,(H,25,26)/t15-,16-,18-,19-,20+/m1/s1. The summed E-state index contributed by atoms with van der Waals surface area (Å²) in [5, 5.41) is 22.0. The molecule has 2 aromatic rings. The topological polar surface area (TPSA) is 88.9 Å². The third-order valence-corrected chi connectivity index (χ3v) is 7.56. The summed E-state index contributed by atoms with van der Waals surface area (Å²) in [6.07, 6.45) is 5.15. The van der Waals surface area contributed by atoms with Gasteiger partial charge in [-0.3, -0.25) is 0 Å². The molecule has 0 bridgehead atoms. The fraction of sp³-hybridized carbons (Fsp3) is 0.545. The Kier molecular flexibility index (Phi) is 5.05. The van der Waals surface area contributed by atoms with Crippen molar-refractivity contribution in [2.75, 3.05) is 6.61 Å². The van der Waals surface area contributed by atoms with E-state index in [0.29, 0.717) is 18.0 Å². The van der Waals surface area contributed by atoms with Crippen LogP contribution in [0.25, 0.3) is 0 Å². The highest BCUT2D eigenvalue weighted by molar-refractivity contribution is 7.09. The summed E-state index contributed by atoms with van der Waals surface area (Å²) in [6.45, 7) is 0.496. The van der Waals surface area contributed by atoms with Crippen LogP contribution in [-0.2, 0) is 17.6 Å². The van der Waals surface area contributed by atoms with Crippen LogP contribution in [0.15, 0.2) is 23.6 Å². The maximum atomic E-state index is 11.1. The van der Waals surface area contributed by atoms with Crippen LogP contribution in [0.1, 0.15) is 58.4 Å². The molecule has 154 valence electrons. The zero-order valence-corrected chi connectivity index (χ0v) is 16.9. The second kappa shape index (κ2) is 7.70. The molecule has 0 radical (unpaired) electrons. The first-order valence-electron chi connectivity index (χ1n) is 10.4. The highest BCUT2D eigenvalue weighted by Gasteiger charge is 2.47. The molecule has 5 atom stereocenters. The molecule has 1 aromatic heterocycles. The van der Waals surface area contributed by atoms with E-state index in [4.69, 9.17) is 14.6 Å². The Balaban J connectivity index is 1.22. The molecule has 0 amide bonds. The number of thiazole rings is 1. The molecule has 3 aliphatic rings. The number of nitrogens with zero attached hydrogens (tertiary/aromatic N) is 1. The lowest BCUT2D eigenvalue weighted by Gasteiger charge is -2.33. The molecular weight excluding hydrogens is 390 g/mol. The minimum absolute atomic E-state index is 0.0328. The maximum Gasteiger partial charge on any atom is 0.355 e. The van der Waals surface area contributed by atoms with Gasteiger partial charge in [0.2, 0.25) is 0 Å². The van der Waals surface area contributed by atoms with Crippen LogP contribution in [-0.4, -0.2) is 40.0 Å². The van der Waals surface area contributed by atoms with E-state index < -0.39 is 12.1 Å². The average molecular weight is 416 g/mol. The zero-order valence-electron chi connectivity index (χ0n) is 16.1. The third-order valence-electron chi connectivity index (χ3n) is 6.63. The van der Waals surface area contributed by atoms with Crippen molar-refractivity contribution in [1.29, 1.82) is 0 Å². The molecule has 1 aliphatic heterocycles. The van der Waals surface area contributed by atoms with Crippen LogP contribution in [0.4, 0.5) is 0 Å². The molecule has 2 N–H and O–H groups in total. The molecule has 1 aromatic carbocycles. The minimum atomic E-state index is -1.01. The van der Waals surface area contributed by atoms with Crippen molar-refractivity contribution in [3.8, 4) is 5.75 Å². The Labute approximate surface area is 173 Å². The summed E-state index contributed by atoms with van der Waals surface area (Å²) in [5.41, 5.74) is 2.89. The zero-order chi connectivity index (χ0) is 20.0. The molecule has 29 heavy (non-hydrogen) atoms. The second-order valence-electron chi connectivity index (χ2n) is 8.34. The van der Waals surface area contributed by atoms with Crippen LogP contribution < -0.4 is 4.74 Å². The number of carboxylic acid groups (broad SMARTS) is 1. The van der Waals surface area contributed by atoms with Gasteiger partial charge >= 0.3 is 5.97 Å². The van der Waals surface area contributed by atoms with Gasteiger partial charge < -0.3 is 19.7 Å². The molecular formula is C22H25NO5S. The van der Waals surface area contributed by atoms with Crippen LogP contribution in [0, 0.1) is 11.8 Å². The first-order valence-corrected chi connectivity index (χ1v) is 11.2. The minimum Gasteiger partial charge on any atom is -0.493 e. The van der Waals surface area contributed by atoms with E-state index in [1.165, 1.54) is 28.9 Å². The van der Waals surface area contributed by atoms with Crippen LogP contribution in [0.2, 0.25) is 0 Å². The van der Waals surface area contributed by atoms with Gasteiger partial charge in [-0.1, -0.05) is 6.07 Å². The molecule has 7 heteroatoms. The fourth-order valence-electron chi connectivity index (χ4n) is 5.11. The first kappa shape index (κ1) is 19.0. The highest BCUT2D eigenvalue weighted by Crippen LogP contribution is 2.46. The van der Waals surface area contributed by atoms with Gasteiger partial charge in [0, 0.05) is 17.7 Å². The summed E-state index contributed by atoms with van der Waals surface area (Å²) in [6, 6.07) is 6.36. The van der Waals surface area contributed by atoms with Crippen molar-refractivity contribution in [3.63, 3.8) is 0 Å². The largest absolute Gasteiger partial charge is 0.493 e. The van der Waals surface area contributed by atoms with Crippen molar-refractivity contribution >= 4 is 17.3 Å². The number of aromatic carboxylic acids is 1. The molecule has 2 fully saturated rings. The van der Waals surface area contributed by atoms with Crippen molar-refractivity contribution < 1.29 is 24.5 Å². The number of aryl methyl sites for hydroxylation is 2. The van der Waals surface area contributed by atoms with Crippen LogP contribution in [0.5, 0.6) is 5.75 Å². The molecule has 2 aliphatic carbocycles. The van der Waals surface area contributed by atoms with Crippen molar-refractivity contribution in [1.82, 2.24) is 4.98 Å². The summed E-state index contributed by atoms with van der Waals surface area (Å²) in [4.78, 5) is 15.3. The molecule has 1 saturated heterocycles. The number of aliphatic hydroxyl groups excluding tert-OH is 1. The number of benzene rings is 1. The fourth-order valence-corrected chi connectivity index (χ4v) is 5.97. The van der Waals surface area contributed by atoms with Gasteiger partial charge in [0.1, 0.15) is 16.9 Å². The van der Waals surface area contributed by atoms with Crippen molar-refractivity contribution in [2.24, 2.45) is 11.8 Å². The summed E-state index contributed by atoms with van der Waals surface area (Å²) >= 11 is 1.33. The van der Waals surface area contributed by atoms with Gasteiger partial charge in [0.15, 0.2) is 5.69 Å². The number of carboxylic acids is 1. The normalized spacial score (nSPS) is 30.7. The summed E-state index contributed by atoms with van der Waals surface area (Å²) in [5.74, 6) is 0.191. The van der Waals surface area contributed by atoms with E-state index in [2.05, 4.69) is 17.1 Å². The van der Waals surface area contributed by atoms with E-state index in [1.807, 2.05) is 6.07 Å². The smallest absolute Gasteiger partial charge is 0.355 e. The number of hydrogen-bond donors (Lipinski definition) is 2. The monoisotopic (exact) mass is 415 g/mol. The Morgan fingerprint density at radius 1 is 1.28 bits per heavy atom. The van der Waals surface area contributed by atoms with Crippen molar-refractivity contribution in [2.45, 2.75) is 56.8 Å². The maximum absolute atomic E-state index is 11.1. The second-order valence-corrected chi connectivity index (χ2v) is 9.23. The lowest BCUT2D eigenvalue weighted by molar-refractivity contribution is -0.0811. The Bertz CT molecular complexity index is 912. The highest BCUT2D eigenvalue weighted by atomic mass is 32.1. The van der Waals surface area contributed by atoms with Gasteiger partial charge in [0.25, 0.3) is 0 Å². The van der Waals surface area contributed by atoms with Gasteiger partial charge in [-0.25, -0.2) is 9.78 Å². The Morgan fingerprint density at radius 2 is 2.14 bits per heavy atom. The van der Waals surface area contributed by atoms with Crippen LogP contribution >= 0.6 is 11.3 Å². The van der Waals surface area contributed by atoms with E-state index in [-0.39, 0.29) is 29.7 Å². The van der Waals surface area contributed by atoms with Gasteiger partial charge in [-0.05, 0) is 61.3 Å². The molecule has 0 unspecified atom stereocenters. The lowest BCUT2D eigenvalue weighted by Crippen LogP contribution is -2.33. The average Bonchev–Trinajstić information content (AvgIpc) is 3.43. The number of aromatic nitrogens is 1. The SMILES string of the molecule is O=C(O)c1csc([C@H]2CC[C@@H]3[C@@H](COc4ccc5c(c4)CCC5)[C@H](O)C[C@@H]3O2)n1. The lowest BCUT2D eigenvalue weighted by atomic mass is 9.87. The van der Waals surface area contributed by atoms with Gasteiger partial charge in [-0.2, -0.15) is 0 Å². The summed E-state index contributed by atoms with van der Waals surface area (Å²) < 4.78 is 12.3. The van der Waals surface area contributed by atoms with E-state index in [0.717, 1.165) is 31.4 Å². The predicted molar refractivity (Wildman–Crippen MR) is 107 cm³/mol. The Morgan fingerprint density at radius 3 is 2.97 bits per heavy atom. The molecule has 1 saturated carbocycles. The third kappa shape index (κ3) is 3.67. The number of ether oxygens (including phenoxy) is 2. The predicted octanol–water partition coefficient (Wildman–Crippen LogP) is 3.63. The van der Waals surface area contributed by atoms with Gasteiger partial charge in [0.05, 0.1) is 18.8 Å². The van der Waals surface area contributed by atoms with E-state index in [9.17, 15) is 9.90 Å². The molecule has 0 spiro atoms. The van der Waals surface area contributed by atoms with Crippen LogP contribution in [0.3, 0.4) is 0 Å². The van der Waals surface area contributed by atoms with E-state index in [1.54, 1.807) is 5.38 Å². The molecule has 5 rings (SSSR count). The van der Waals surface area contributed by atoms with E-state index >= 15 is 0 Å². The number of fused-ring (bicyclic) bond motifs is 2. The first-order chi connectivity index (χ1) is 14.1. The summed E-state index contributed by atoms with van der Waals surface area (Å²) in [7, 11) is 0. The molecule has 2 heterocycles. The quantitative estimate of drug-likeness (QED) is 0.775. The number of aliphatic hydroxyl groups is 1. The number of carbonyl (C=O) groups is 1. The Hall–Kier alpha value is -1.96. The number of hydrogen-bond acceptors (Lipinski definition) is 6. The molecule has 6 nitrogen and oxygen atoms in total. The van der Waals surface area contributed by atoms with Crippen molar-refractivity contribution in [3.05, 3.63) is 45.4 Å². The number of rotatable bonds is 5.